The molecule has 6 nitrogen and oxygen atoms in total. The van der Waals surface area contributed by atoms with Crippen molar-refractivity contribution in [3.8, 4) is 0 Å². The molecule has 0 spiro atoms. The number of nitrogens with one attached hydrogen (secondary N) is 1. The molecule has 1 aromatic carbocycles. The van der Waals surface area contributed by atoms with Crippen LogP contribution in [0.25, 0.3) is 5.53 Å². The van der Waals surface area contributed by atoms with E-state index in [-0.39, 0.29) is 22.5 Å². The largest absolute Gasteiger partial charge is 0.411 e. The molecule has 5 rings (SSSR count). The van der Waals surface area contributed by atoms with E-state index in [1.165, 1.54) is 19.3 Å². The van der Waals surface area contributed by atoms with Crippen LogP contribution in [0.15, 0.2) is 34.4 Å². The van der Waals surface area contributed by atoms with Crippen LogP contribution in [0.2, 0.25) is 0 Å². The summed E-state index contributed by atoms with van der Waals surface area (Å²) in [6.45, 7) is 6.76. The van der Waals surface area contributed by atoms with Crippen LogP contribution in [0.3, 0.4) is 0 Å². The lowest BCUT2D eigenvalue weighted by molar-refractivity contribution is -0.120. The minimum absolute atomic E-state index is 0.0728. The number of hydrogen-bond acceptors (Lipinski definition) is 4. The Hall–Kier alpha value is -1.47. The molecule has 4 saturated carbocycles. The summed E-state index contributed by atoms with van der Waals surface area (Å²) >= 11 is 0. The Morgan fingerprint density at radius 2 is 1.67 bits per heavy atom. The molecule has 0 amide bonds. The van der Waals surface area contributed by atoms with Gasteiger partial charge in [0.05, 0.1) is 11.0 Å². The molecule has 0 saturated heterocycles. The predicted molar refractivity (Wildman–Crippen MR) is 128 cm³/mol. The highest BCUT2D eigenvalue weighted by atomic mass is 32.2. The van der Waals surface area contributed by atoms with Gasteiger partial charge < -0.3 is 11.0 Å². The lowest BCUT2D eigenvalue weighted by atomic mass is 9.45. The molecular weight excluding hydrogens is 434 g/mol. The minimum Gasteiger partial charge on any atom is -0.411 e. The van der Waals surface area contributed by atoms with E-state index in [0.29, 0.717) is 29.1 Å². The summed E-state index contributed by atoms with van der Waals surface area (Å²) < 4.78 is 32.1. The highest BCUT2D eigenvalue weighted by molar-refractivity contribution is 7.86. The van der Waals surface area contributed by atoms with Crippen molar-refractivity contribution >= 4 is 10.1 Å². The van der Waals surface area contributed by atoms with E-state index in [1.54, 1.807) is 12.1 Å². The normalized spacial score (nSPS) is 42.6. The van der Waals surface area contributed by atoms with Gasteiger partial charge in [-0.15, -0.1) is 0 Å². The average Bonchev–Trinajstić information content (AvgIpc) is 3.10. The molecule has 0 heterocycles. The van der Waals surface area contributed by atoms with Gasteiger partial charge in [0.15, 0.2) is 0 Å². The Bertz CT molecular complexity index is 997. The molecule has 4 fully saturated rings. The van der Waals surface area contributed by atoms with Crippen LogP contribution in [0.4, 0.5) is 0 Å². The molecular formula is C26H38N3O3S-. The highest BCUT2D eigenvalue weighted by Gasteiger charge is 2.61. The first-order chi connectivity index (χ1) is 15.7. The van der Waals surface area contributed by atoms with Crippen LogP contribution in [-0.4, -0.2) is 20.6 Å². The first-order valence-electron chi connectivity index (χ1n) is 12.8. The van der Waals surface area contributed by atoms with Crippen LogP contribution in [0.5, 0.6) is 0 Å². The van der Waals surface area contributed by atoms with Crippen molar-refractivity contribution < 1.29 is 12.6 Å². The van der Waals surface area contributed by atoms with Crippen LogP contribution < -0.4 is 5.43 Å². The Morgan fingerprint density at radius 1 is 0.970 bits per heavy atom. The first-order valence-corrected chi connectivity index (χ1v) is 14.2. The van der Waals surface area contributed by atoms with Gasteiger partial charge >= 0.3 is 0 Å². The summed E-state index contributed by atoms with van der Waals surface area (Å²) in [5.41, 5.74) is 13.2. The fourth-order valence-corrected chi connectivity index (χ4v) is 9.68. The first kappa shape index (κ1) is 23.3. The second-order valence-electron chi connectivity index (χ2n) is 11.8. The molecule has 4 aliphatic carbocycles. The fraction of sp³-hybridized carbons (Fsp3) is 0.769. The van der Waals surface area contributed by atoms with E-state index in [0.717, 1.165) is 44.1 Å². The van der Waals surface area contributed by atoms with Crippen LogP contribution in [0, 0.1) is 41.4 Å². The molecule has 2 unspecified atom stereocenters. The maximum Gasteiger partial charge on any atom is 0.297 e. The molecule has 4 aliphatic rings. The summed E-state index contributed by atoms with van der Waals surface area (Å²) in [4.78, 5) is 0.266. The topological polar surface area (TPSA) is 90.1 Å². The van der Waals surface area contributed by atoms with Gasteiger partial charge in [-0.1, -0.05) is 31.5 Å². The second kappa shape index (κ2) is 8.33. The van der Waals surface area contributed by atoms with Gasteiger partial charge in [-0.25, -0.2) is 0 Å². The van der Waals surface area contributed by atoms with E-state index < -0.39 is 10.1 Å². The second-order valence-corrected chi connectivity index (χ2v) is 13.4. The number of aryl methyl sites for hydroxylation is 1. The number of hydrogen-bond donors (Lipinski definition) is 1. The SMILES string of the molecule is Cc1ccc(S(=O)(=O)O[C@H]2CC[C@@H]3C4CC[C@@H]5C[C@H](NN=[N-])CC[C@]5(C)C4CC[C@]23C)cc1. The quantitative estimate of drug-likeness (QED) is 0.323. The number of fused-ring (bicyclic) bond motifs is 5. The molecule has 182 valence electrons. The lowest BCUT2D eigenvalue weighted by Gasteiger charge is -2.61. The standard InChI is InChI=1S/C26H38N3O3S/c1-17-4-7-20(8-5-17)33(30,31)32-24-11-10-22-21-9-6-18-16-19(28-29-27)12-14-25(18,2)23(21)13-15-26(22,24)3/h4-5,7-8,18-19,21-24H,6,9-16H2,1-3H3,(H-,27,28)/q-1/t18-,19-,21?,22-,23?,24+,25+,26+/m1/s1. The minimum atomic E-state index is -3.76. The zero-order valence-corrected chi connectivity index (χ0v) is 21.0. The third kappa shape index (κ3) is 3.83. The number of nitrogens with zero attached hydrogens (tertiary/aromatic N) is 2. The molecule has 33 heavy (non-hydrogen) atoms. The summed E-state index contributed by atoms with van der Waals surface area (Å²) in [6, 6.07) is 7.27. The van der Waals surface area contributed by atoms with E-state index in [2.05, 4.69) is 24.5 Å². The molecule has 7 heteroatoms. The molecule has 0 bridgehead atoms. The van der Waals surface area contributed by atoms with E-state index in [4.69, 9.17) is 9.71 Å². The van der Waals surface area contributed by atoms with Crippen LogP contribution in [0.1, 0.15) is 77.2 Å². The van der Waals surface area contributed by atoms with Crippen molar-refractivity contribution in [2.24, 2.45) is 39.7 Å². The van der Waals surface area contributed by atoms with Crippen molar-refractivity contribution in [1.29, 1.82) is 0 Å². The van der Waals surface area contributed by atoms with Gasteiger partial charge in [-0.2, -0.15) is 8.42 Å². The molecule has 1 aromatic rings. The zero-order chi connectivity index (χ0) is 23.4. The van der Waals surface area contributed by atoms with E-state index in [9.17, 15) is 8.42 Å². The van der Waals surface area contributed by atoms with Crippen molar-refractivity contribution in [1.82, 2.24) is 5.43 Å². The molecule has 0 aliphatic heterocycles. The zero-order valence-electron chi connectivity index (χ0n) is 20.2. The van der Waals surface area contributed by atoms with E-state index in [1.807, 2.05) is 19.1 Å². The molecule has 1 N–H and O–H groups in total. The Balaban J connectivity index is 1.33. The monoisotopic (exact) mass is 472 g/mol. The lowest BCUT2D eigenvalue weighted by Crippen LogP contribution is -2.55. The maximum absolute atomic E-state index is 13.1. The smallest absolute Gasteiger partial charge is 0.297 e. The molecule has 8 atom stereocenters. The summed E-state index contributed by atoms with van der Waals surface area (Å²) in [5, 5.41) is 3.20. The maximum atomic E-state index is 13.1. The van der Waals surface area contributed by atoms with Gasteiger partial charge in [0.1, 0.15) is 0 Å². The van der Waals surface area contributed by atoms with Crippen LogP contribution in [-0.2, 0) is 14.3 Å². The highest BCUT2D eigenvalue weighted by Crippen LogP contribution is 2.66. The number of benzene rings is 1. The van der Waals surface area contributed by atoms with Crippen molar-refractivity contribution in [2.75, 3.05) is 0 Å². The van der Waals surface area contributed by atoms with Gasteiger partial charge in [-0.3, -0.25) is 9.41 Å². The predicted octanol–water partition coefficient (Wildman–Crippen LogP) is 6.01. The van der Waals surface area contributed by atoms with Crippen molar-refractivity contribution in [2.45, 2.75) is 95.6 Å². The third-order valence-corrected chi connectivity index (χ3v) is 11.7. The van der Waals surface area contributed by atoms with Gasteiger partial charge in [0, 0.05) is 0 Å². The summed E-state index contributed by atoms with van der Waals surface area (Å²) in [5.74, 6) is 2.57. The summed E-state index contributed by atoms with van der Waals surface area (Å²) in [6.07, 6.45) is 9.66. The fourth-order valence-electron chi connectivity index (χ4n) is 8.48. The number of rotatable bonds is 5. The van der Waals surface area contributed by atoms with E-state index >= 15 is 0 Å². The Morgan fingerprint density at radius 3 is 2.39 bits per heavy atom. The average molecular weight is 473 g/mol. The molecule has 0 aromatic heterocycles. The van der Waals surface area contributed by atoms with Gasteiger partial charge in [0.2, 0.25) is 0 Å². The van der Waals surface area contributed by atoms with Crippen molar-refractivity contribution in [3.63, 3.8) is 0 Å². The van der Waals surface area contributed by atoms with Crippen molar-refractivity contribution in [3.05, 3.63) is 35.4 Å². The van der Waals surface area contributed by atoms with Gasteiger partial charge in [-0.05, 0) is 117 Å². The summed E-state index contributed by atoms with van der Waals surface area (Å²) in [7, 11) is -3.76. The van der Waals surface area contributed by atoms with Crippen LogP contribution >= 0.6 is 0 Å². The van der Waals surface area contributed by atoms with Gasteiger partial charge in [0.25, 0.3) is 10.1 Å². The third-order valence-electron chi connectivity index (χ3n) is 10.4. The molecule has 0 radical (unpaired) electrons. The Labute approximate surface area is 198 Å². The Kier molecular flexibility index (Phi) is 5.88.